The zero-order chi connectivity index (χ0) is 19.0. The van der Waals surface area contributed by atoms with Crippen LogP contribution in [0.15, 0.2) is 33.7 Å². The molecule has 1 saturated carbocycles. The van der Waals surface area contributed by atoms with Crippen LogP contribution in [-0.2, 0) is 28.3 Å². The molecule has 150 valence electrons. The molecule has 0 bridgehead atoms. The molecule has 0 saturated heterocycles. The van der Waals surface area contributed by atoms with Gasteiger partial charge in [-0.1, -0.05) is 24.1 Å². The summed E-state index contributed by atoms with van der Waals surface area (Å²) in [6.07, 6.45) is -1.32. The molecule has 0 atom stereocenters. The van der Waals surface area contributed by atoms with Crippen molar-refractivity contribution in [2.75, 3.05) is 0 Å². The van der Waals surface area contributed by atoms with Crippen LogP contribution in [0.2, 0.25) is 0 Å². The molecule has 0 unspecified atom stereocenters. The summed E-state index contributed by atoms with van der Waals surface area (Å²) in [6, 6.07) is 3.46. The van der Waals surface area contributed by atoms with Crippen LogP contribution in [0, 0.1) is 0 Å². The van der Waals surface area contributed by atoms with Gasteiger partial charge >= 0.3 is 6.18 Å². The van der Waals surface area contributed by atoms with Crippen molar-refractivity contribution >= 4 is 22.4 Å². The van der Waals surface area contributed by atoms with Crippen molar-refractivity contribution < 1.29 is 26.1 Å². The largest absolute Gasteiger partial charge is 0.416 e. The number of nitrogens with two attached hydrogens (primary N) is 1. The Morgan fingerprint density at radius 1 is 1.26 bits per heavy atom. The van der Waals surface area contributed by atoms with Gasteiger partial charge in [0.25, 0.3) is 0 Å². The third kappa shape index (κ3) is 4.78. The third-order valence-corrected chi connectivity index (χ3v) is 5.69. The molecule has 0 amide bonds. The van der Waals surface area contributed by atoms with E-state index in [1.165, 1.54) is 0 Å². The average molecular weight is 427 g/mol. The molecule has 1 heterocycles. The summed E-state index contributed by atoms with van der Waals surface area (Å²) in [4.78, 5) is 3.61. The molecular weight excluding hydrogens is 409 g/mol. The van der Waals surface area contributed by atoms with E-state index in [2.05, 4.69) is 14.9 Å². The molecular formula is C15H18ClF3N4O3S. The Morgan fingerprint density at radius 2 is 1.93 bits per heavy atom. The highest BCUT2D eigenvalue weighted by Crippen LogP contribution is 2.34. The molecule has 7 nitrogen and oxygen atoms in total. The first kappa shape index (κ1) is 21.6. The lowest BCUT2D eigenvalue weighted by Gasteiger charge is -2.17. The maximum atomic E-state index is 12.7. The maximum Gasteiger partial charge on any atom is 0.416 e. The fourth-order valence-electron chi connectivity index (χ4n) is 2.84. The fraction of sp³-hybridized carbons (Fsp3) is 0.467. The number of benzene rings is 1. The Balaban J connectivity index is 0.00000261. The van der Waals surface area contributed by atoms with Gasteiger partial charge in [0, 0.05) is 0 Å². The minimum Gasteiger partial charge on any atom is -0.338 e. The topological polar surface area (TPSA) is 111 Å². The van der Waals surface area contributed by atoms with E-state index >= 15 is 0 Å². The van der Waals surface area contributed by atoms with Crippen LogP contribution in [0.25, 0.3) is 0 Å². The van der Waals surface area contributed by atoms with Gasteiger partial charge in [-0.15, -0.1) is 12.4 Å². The van der Waals surface area contributed by atoms with E-state index in [9.17, 15) is 21.6 Å². The number of hydrogen-bond donors (Lipinski definition) is 2. The van der Waals surface area contributed by atoms with Crippen molar-refractivity contribution in [1.82, 2.24) is 14.9 Å². The predicted octanol–water partition coefficient (Wildman–Crippen LogP) is 2.72. The summed E-state index contributed by atoms with van der Waals surface area (Å²) in [5.41, 5.74) is 4.47. The molecule has 0 aliphatic heterocycles. The molecule has 1 aliphatic carbocycles. The van der Waals surface area contributed by atoms with Crippen molar-refractivity contribution in [3.05, 3.63) is 41.5 Å². The lowest BCUT2D eigenvalue weighted by molar-refractivity contribution is -0.137. The summed E-state index contributed by atoms with van der Waals surface area (Å²) in [5.74, 6) is 0.301. The van der Waals surface area contributed by atoms with Crippen molar-refractivity contribution in [2.24, 2.45) is 5.73 Å². The maximum absolute atomic E-state index is 12.7. The van der Waals surface area contributed by atoms with Gasteiger partial charge in [0.1, 0.15) is 0 Å². The molecule has 1 aromatic heterocycles. The van der Waals surface area contributed by atoms with Crippen LogP contribution in [0.3, 0.4) is 0 Å². The van der Waals surface area contributed by atoms with Crippen LogP contribution >= 0.6 is 12.4 Å². The number of hydrogen-bond acceptors (Lipinski definition) is 6. The second-order valence-corrected chi connectivity index (χ2v) is 7.99. The summed E-state index contributed by atoms with van der Waals surface area (Å²) in [5, 5.41) is 3.80. The van der Waals surface area contributed by atoms with Crippen LogP contribution in [0.1, 0.15) is 43.0 Å². The number of halogens is 4. The van der Waals surface area contributed by atoms with E-state index < -0.39 is 32.2 Å². The van der Waals surface area contributed by atoms with Crippen LogP contribution in [0.5, 0.6) is 0 Å². The Morgan fingerprint density at radius 3 is 2.56 bits per heavy atom. The normalized spacial score (nSPS) is 16.9. The van der Waals surface area contributed by atoms with Crippen LogP contribution < -0.4 is 10.5 Å². The van der Waals surface area contributed by atoms with Gasteiger partial charge in [0.15, 0.2) is 5.82 Å². The van der Waals surface area contributed by atoms with E-state index in [1.54, 1.807) is 0 Å². The highest BCUT2D eigenvalue weighted by Gasteiger charge is 2.36. The Kier molecular flexibility index (Phi) is 6.19. The van der Waals surface area contributed by atoms with Gasteiger partial charge in [-0.2, -0.15) is 18.2 Å². The standard InChI is InChI=1S/C15H17F3N4O3S.ClH/c16-15(17,18)10-4-3-5-11(8-10)26(23,24)20-9-12-21-13(22-25-12)14(19)6-1-2-7-14;/h3-5,8,20H,1-2,6-7,9,19H2;1H. The molecule has 27 heavy (non-hydrogen) atoms. The van der Waals surface area contributed by atoms with E-state index in [1.807, 2.05) is 0 Å². The van der Waals surface area contributed by atoms with Crippen LogP contribution in [-0.4, -0.2) is 18.6 Å². The van der Waals surface area contributed by atoms with E-state index in [-0.39, 0.29) is 24.8 Å². The second-order valence-electron chi connectivity index (χ2n) is 6.23. The number of sulfonamides is 1. The first-order valence-electron chi connectivity index (χ1n) is 7.89. The van der Waals surface area contributed by atoms with Gasteiger partial charge in [-0.25, -0.2) is 13.1 Å². The number of rotatable bonds is 5. The quantitative estimate of drug-likeness (QED) is 0.760. The molecule has 3 N–H and O–H groups in total. The average Bonchev–Trinajstić information content (AvgIpc) is 3.22. The Bertz CT molecular complexity index is 896. The van der Waals surface area contributed by atoms with Gasteiger partial charge in [-0.3, -0.25) is 0 Å². The minimum absolute atomic E-state index is 0. The molecule has 1 aromatic carbocycles. The summed E-state index contributed by atoms with van der Waals surface area (Å²) in [7, 11) is -4.18. The van der Waals surface area contributed by atoms with E-state index in [0.717, 1.165) is 31.0 Å². The lowest BCUT2D eigenvalue weighted by Crippen LogP contribution is -2.34. The fourth-order valence-corrected chi connectivity index (χ4v) is 3.86. The smallest absolute Gasteiger partial charge is 0.338 e. The van der Waals surface area contributed by atoms with Crippen molar-refractivity contribution in [3.8, 4) is 0 Å². The van der Waals surface area contributed by atoms with Crippen LogP contribution in [0.4, 0.5) is 13.2 Å². The number of nitrogens with zero attached hydrogens (tertiary/aromatic N) is 2. The molecule has 3 rings (SSSR count). The van der Waals surface area contributed by atoms with Crippen molar-refractivity contribution in [1.29, 1.82) is 0 Å². The molecule has 12 heteroatoms. The van der Waals surface area contributed by atoms with Gasteiger partial charge in [-0.05, 0) is 31.0 Å². The van der Waals surface area contributed by atoms with Gasteiger partial charge < -0.3 is 10.3 Å². The molecule has 1 aliphatic rings. The molecule has 0 radical (unpaired) electrons. The zero-order valence-electron chi connectivity index (χ0n) is 14.0. The highest BCUT2D eigenvalue weighted by molar-refractivity contribution is 7.89. The Hall–Kier alpha value is -1.69. The van der Waals surface area contributed by atoms with Gasteiger partial charge in [0.2, 0.25) is 15.9 Å². The predicted molar refractivity (Wildman–Crippen MR) is 91.3 cm³/mol. The summed E-state index contributed by atoms with van der Waals surface area (Å²) >= 11 is 0. The first-order valence-corrected chi connectivity index (χ1v) is 9.37. The molecule has 0 spiro atoms. The first-order chi connectivity index (χ1) is 12.1. The summed E-state index contributed by atoms with van der Waals surface area (Å²) in [6.45, 7) is -0.346. The molecule has 1 fully saturated rings. The lowest BCUT2D eigenvalue weighted by atomic mass is 9.99. The SMILES string of the molecule is Cl.NC1(c2noc(CNS(=O)(=O)c3cccc(C(F)(F)F)c3)n2)CCCC1. The number of aromatic nitrogens is 2. The van der Waals surface area contributed by atoms with Crippen molar-refractivity contribution in [3.63, 3.8) is 0 Å². The van der Waals surface area contributed by atoms with Crippen molar-refractivity contribution in [2.45, 2.75) is 48.8 Å². The second kappa shape index (κ2) is 7.74. The van der Waals surface area contributed by atoms with Gasteiger partial charge in [0.05, 0.1) is 22.5 Å². The minimum atomic E-state index is -4.64. The molecule has 2 aromatic rings. The monoisotopic (exact) mass is 426 g/mol. The highest BCUT2D eigenvalue weighted by atomic mass is 35.5. The summed E-state index contributed by atoms with van der Waals surface area (Å²) < 4.78 is 69.8. The zero-order valence-corrected chi connectivity index (χ0v) is 15.6. The third-order valence-electron chi connectivity index (χ3n) is 4.29. The van der Waals surface area contributed by atoms with E-state index in [0.29, 0.717) is 24.7 Å². The number of alkyl halides is 3. The Labute approximate surface area is 160 Å². The number of nitrogens with one attached hydrogen (secondary N) is 1. The van der Waals surface area contributed by atoms with E-state index in [4.69, 9.17) is 10.3 Å².